The first kappa shape index (κ1) is 15.0. The number of nitrogens with two attached hydrogens (primary N) is 1. The van der Waals surface area contributed by atoms with Crippen LogP contribution in [0, 0.1) is 0 Å². The number of para-hydroxylation sites is 1. The van der Waals surface area contributed by atoms with Crippen molar-refractivity contribution in [2.45, 2.75) is 38.6 Å². The molecule has 3 heteroatoms. The van der Waals surface area contributed by atoms with Gasteiger partial charge in [0, 0.05) is 24.3 Å². The lowest BCUT2D eigenvalue weighted by atomic mass is 9.92. The van der Waals surface area contributed by atoms with Crippen molar-refractivity contribution in [3.63, 3.8) is 0 Å². The third-order valence-corrected chi connectivity index (χ3v) is 3.62. The number of aliphatic hydroxyl groups is 1. The molecule has 0 saturated heterocycles. The van der Waals surface area contributed by atoms with Crippen LogP contribution in [0.2, 0.25) is 0 Å². The normalized spacial score (nSPS) is 14.2. The number of hydrogen-bond acceptors (Lipinski definition) is 3. The van der Waals surface area contributed by atoms with Gasteiger partial charge in [-0.1, -0.05) is 25.1 Å². The molecule has 18 heavy (non-hydrogen) atoms. The van der Waals surface area contributed by atoms with Gasteiger partial charge in [-0.15, -0.1) is 0 Å². The molecule has 1 unspecified atom stereocenters. The lowest BCUT2D eigenvalue weighted by Gasteiger charge is -2.28. The zero-order chi connectivity index (χ0) is 13.4. The largest absolute Gasteiger partial charge is 0.394 e. The Morgan fingerprint density at radius 2 is 1.89 bits per heavy atom. The molecule has 0 amide bonds. The molecule has 0 radical (unpaired) electrons. The highest BCUT2D eigenvalue weighted by atomic mass is 16.3. The molecule has 1 atom stereocenters. The summed E-state index contributed by atoms with van der Waals surface area (Å²) in [5, 5.41) is 9.29. The summed E-state index contributed by atoms with van der Waals surface area (Å²) in [5.74, 6) is 0. The van der Waals surface area contributed by atoms with Gasteiger partial charge < -0.3 is 15.7 Å². The molecule has 0 heterocycles. The van der Waals surface area contributed by atoms with Crippen molar-refractivity contribution in [2.75, 3.05) is 24.6 Å². The van der Waals surface area contributed by atoms with Crippen molar-refractivity contribution in [3.05, 3.63) is 30.3 Å². The van der Waals surface area contributed by atoms with Crippen LogP contribution in [0.3, 0.4) is 0 Å². The third-order valence-electron chi connectivity index (χ3n) is 3.62. The topological polar surface area (TPSA) is 49.5 Å². The van der Waals surface area contributed by atoms with Gasteiger partial charge in [0.05, 0.1) is 6.61 Å². The number of aliphatic hydroxyl groups excluding tert-OH is 1. The molecule has 0 bridgehead atoms. The van der Waals surface area contributed by atoms with E-state index in [0.29, 0.717) is 0 Å². The first-order valence-corrected chi connectivity index (χ1v) is 6.85. The Morgan fingerprint density at radius 3 is 2.39 bits per heavy atom. The van der Waals surface area contributed by atoms with Gasteiger partial charge in [-0.2, -0.15) is 0 Å². The highest BCUT2D eigenvalue weighted by molar-refractivity contribution is 5.45. The molecule has 0 aliphatic rings. The molecule has 0 saturated carbocycles. The second kappa shape index (κ2) is 7.39. The van der Waals surface area contributed by atoms with Crippen LogP contribution < -0.4 is 10.6 Å². The standard InChI is InChI=1S/C15H26N2O/c1-3-15(16,13-18)11-8-12-17(4-2)14-9-6-5-7-10-14/h5-7,9-10,18H,3-4,8,11-13,16H2,1-2H3. The molecule has 0 spiro atoms. The Hall–Kier alpha value is -1.06. The number of nitrogens with zero attached hydrogens (tertiary/aromatic N) is 1. The first-order chi connectivity index (χ1) is 8.65. The highest BCUT2D eigenvalue weighted by Crippen LogP contribution is 2.17. The van der Waals surface area contributed by atoms with Crippen molar-refractivity contribution in [1.82, 2.24) is 0 Å². The average Bonchev–Trinajstić information content (AvgIpc) is 2.44. The molecule has 1 aromatic carbocycles. The van der Waals surface area contributed by atoms with E-state index in [9.17, 15) is 5.11 Å². The van der Waals surface area contributed by atoms with Crippen LogP contribution in [0.4, 0.5) is 5.69 Å². The Balaban J connectivity index is 2.46. The fourth-order valence-corrected chi connectivity index (χ4v) is 2.10. The van der Waals surface area contributed by atoms with Gasteiger partial charge in [0.15, 0.2) is 0 Å². The van der Waals surface area contributed by atoms with Gasteiger partial charge in [-0.25, -0.2) is 0 Å². The van der Waals surface area contributed by atoms with E-state index in [1.165, 1.54) is 5.69 Å². The van der Waals surface area contributed by atoms with Crippen LogP contribution in [0.25, 0.3) is 0 Å². The van der Waals surface area contributed by atoms with Crippen LogP contribution in [0.15, 0.2) is 30.3 Å². The Morgan fingerprint density at radius 1 is 1.22 bits per heavy atom. The second-order valence-electron chi connectivity index (χ2n) is 4.89. The summed E-state index contributed by atoms with van der Waals surface area (Å²) in [7, 11) is 0. The van der Waals surface area contributed by atoms with Gasteiger partial charge in [0.1, 0.15) is 0 Å². The predicted octanol–water partition coefficient (Wildman–Crippen LogP) is 2.39. The van der Waals surface area contributed by atoms with Crippen LogP contribution in [-0.4, -0.2) is 30.3 Å². The van der Waals surface area contributed by atoms with Gasteiger partial charge in [0.2, 0.25) is 0 Å². The molecule has 0 aliphatic carbocycles. The third kappa shape index (κ3) is 4.31. The van der Waals surface area contributed by atoms with E-state index in [-0.39, 0.29) is 6.61 Å². The van der Waals surface area contributed by atoms with E-state index in [4.69, 9.17) is 5.73 Å². The molecule has 1 aromatic rings. The van der Waals surface area contributed by atoms with Gasteiger partial charge in [0.25, 0.3) is 0 Å². The molecule has 102 valence electrons. The van der Waals surface area contributed by atoms with Crippen molar-refractivity contribution in [3.8, 4) is 0 Å². The summed E-state index contributed by atoms with van der Waals surface area (Å²) >= 11 is 0. The van der Waals surface area contributed by atoms with E-state index < -0.39 is 5.54 Å². The maximum absolute atomic E-state index is 9.29. The molecule has 3 N–H and O–H groups in total. The van der Waals surface area contributed by atoms with E-state index >= 15 is 0 Å². The number of rotatable bonds is 8. The molecular weight excluding hydrogens is 224 g/mol. The number of anilines is 1. The van der Waals surface area contributed by atoms with Crippen LogP contribution in [0.1, 0.15) is 33.1 Å². The van der Waals surface area contributed by atoms with Crippen LogP contribution in [-0.2, 0) is 0 Å². The fraction of sp³-hybridized carbons (Fsp3) is 0.600. The average molecular weight is 250 g/mol. The minimum atomic E-state index is -0.407. The van der Waals surface area contributed by atoms with Crippen molar-refractivity contribution >= 4 is 5.69 Å². The summed E-state index contributed by atoms with van der Waals surface area (Å²) in [6.45, 7) is 6.24. The molecule has 0 aromatic heterocycles. The van der Waals surface area contributed by atoms with Crippen LogP contribution >= 0.6 is 0 Å². The summed E-state index contributed by atoms with van der Waals surface area (Å²) in [5.41, 5.74) is 6.94. The first-order valence-electron chi connectivity index (χ1n) is 6.85. The van der Waals surface area contributed by atoms with Crippen molar-refractivity contribution in [2.24, 2.45) is 5.73 Å². The molecule has 1 rings (SSSR count). The van der Waals surface area contributed by atoms with Gasteiger partial charge in [-0.3, -0.25) is 0 Å². The van der Waals surface area contributed by atoms with E-state index in [1.807, 2.05) is 13.0 Å². The maximum atomic E-state index is 9.29. The highest BCUT2D eigenvalue weighted by Gasteiger charge is 2.21. The zero-order valence-electron chi connectivity index (χ0n) is 11.6. The lowest BCUT2D eigenvalue weighted by molar-refractivity contribution is 0.181. The zero-order valence-corrected chi connectivity index (χ0v) is 11.6. The predicted molar refractivity (Wildman–Crippen MR) is 77.9 cm³/mol. The summed E-state index contributed by atoms with van der Waals surface area (Å²) < 4.78 is 0. The lowest BCUT2D eigenvalue weighted by Crippen LogP contribution is -2.43. The minimum absolute atomic E-state index is 0.0704. The Kier molecular flexibility index (Phi) is 6.16. The van der Waals surface area contributed by atoms with E-state index in [1.54, 1.807) is 0 Å². The molecule has 0 aliphatic heterocycles. The summed E-state index contributed by atoms with van der Waals surface area (Å²) in [4.78, 5) is 2.34. The maximum Gasteiger partial charge on any atom is 0.0611 e. The monoisotopic (exact) mass is 250 g/mol. The second-order valence-corrected chi connectivity index (χ2v) is 4.89. The van der Waals surface area contributed by atoms with E-state index in [0.717, 1.165) is 32.4 Å². The summed E-state index contributed by atoms with van der Waals surface area (Å²) in [6.07, 6.45) is 2.69. The SMILES string of the molecule is CCN(CCCC(N)(CC)CO)c1ccccc1. The van der Waals surface area contributed by atoms with Gasteiger partial charge in [-0.05, 0) is 38.3 Å². The smallest absolute Gasteiger partial charge is 0.0611 e. The number of hydrogen-bond donors (Lipinski definition) is 2. The van der Waals surface area contributed by atoms with Crippen LogP contribution in [0.5, 0.6) is 0 Å². The Labute approximate surface area is 111 Å². The molecule has 3 nitrogen and oxygen atoms in total. The molecule has 0 fully saturated rings. The van der Waals surface area contributed by atoms with Gasteiger partial charge >= 0.3 is 0 Å². The quantitative estimate of drug-likeness (QED) is 0.745. The fourth-order valence-electron chi connectivity index (χ4n) is 2.10. The molecular formula is C15H26N2O. The minimum Gasteiger partial charge on any atom is -0.394 e. The summed E-state index contributed by atoms with van der Waals surface area (Å²) in [6, 6.07) is 10.4. The Bertz CT molecular complexity index is 323. The van der Waals surface area contributed by atoms with Crippen molar-refractivity contribution in [1.29, 1.82) is 0 Å². The van der Waals surface area contributed by atoms with Crippen molar-refractivity contribution < 1.29 is 5.11 Å². The van der Waals surface area contributed by atoms with E-state index in [2.05, 4.69) is 36.1 Å². The number of benzene rings is 1.